The molecule has 4 rings (SSSR count). The number of aryl methyl sites for hydroxylation is 2. The standard InChI is InChI=1S/C26H22ClNO4/c1-15-4-5-16(2)21(14-15)28-23(17-8-12-20(32-3)13-9-17)22(25(30)26(28)31)24(29)18-6-10-19(27)11-7-18/h4-14,23,29H,1-3H3/b24-22+. The van der Waals surface area contributed by atoms with Crippen LogP contribution in [0.1, 0.15) is 28.3 Å². The van der Waals surface area contributed by atoms with Crippen molar-refractivity contribution in [2.45, 2.75) is 19.9 Å². The number of amides is 1. The van der Waals surface area contributed by atoms with Gasteiger partial charge in [0.15, 0.2) is 0 Å². The molecular formula is C26H22ClNO4. The van der Waals surface area contributed by atoms with Gasteiger partial charge in [0, 0.05) is 16.3 Å². The van der Waals surface area contributed by atoms with E-state index in [4.69, 9.17) is 16.3 Å². The number of anilines is 1. The van der Waals surface area contributed by atoms with E-state index in [1.807, 2.05) is 32.0 Å². The predicted molar refractivity (Wildman–Crippen MR) is 125 cm³/mol. The highest BCUT2D eigenvalue weighted by Gasteiger charge is 2.47. The number of aliphatic hydroxyl groups is 1. The van der Waals surface area contributed by atoms with E-state index >= 15 is 0 Å². The Balaban J connectivity index is 1.96. The van der Waals surface area contributed by atoms with Crippen LogP contribution in [0.25, 0.3) is 5.76 Å². The number of hydrogen-bond acceptors (Lipinski definition) is 4. The Morgan fingerprint density at radius 1 is 0.969 bits per heavy atom. The van der Waals surface area contributed by atoms with Gasteiger partial charge in [-0.15, -0.1) is 0 Å². The molecule has 1 fully saturated rings. The van der Waals surface area contributed by atoms with Crippen LogP contribution in [0.4, 0.5) is 5.69 Å². The van der Waals surface area contributed by atoms with Gasteiger partial charge >= 0.3 is 0 Å². The molecule has 0 aliphatic carbocycles. The Morgan fingerprint density at radius 2 is 1.62 bits per heavy atom. The van der Waals surface area contributed by atoms with Crippen LogP contribution in [0.5, 0.6) is 5.75 Å². The SMILES string of the molecule is COc1ccc(C2/C(=C(\O)c3ccc(Cl)cc3)C(=O)C(=O)N2c2cc(C)ccc2C)cc1. The first-order valence-corrected chi connectivity index (χ1v) is 10.5. The second-order valence-electron chi connectivity index (χ2n) is 7.74. The molecule has 1 amide bonds. The zero-order chi connectivity index (χ0) is 23.0. The summed E-state index contributed by atoms with van der Waals surface area (Å²) in [6.45, 7) is 3.81. The molecule has 5 nitrogen and oxygen atoms in total. The molecule has 1 saturated heterocycles. The summed E-state index contributed by atoms with van der Waals surface area (Å²) in [5.74, 6) is -1.02. The fourth-order valence-electron chi connectivity index (χ4n) is 3.92. The Kier molecular flexibility index (Phi) is 5.76. The van der Waals surface area contributed by atoms with Crippen LogP contribution in [-0.2, 0) is 9.59 Å². The van der Waals surface area contributed by atoms with Crippen molar-refractivity contribution in [3.63, 3.8) is 0 Å². The summed E-state index contributed by atoms with van der Waals surface area (Å²) in [5.41, 5.74) is 3.56. The number of hydrogen-bond donors (Lipinski definition) is 1. The molecule has 3 aromatic carbocycles. The minimum absolute atomic E-state index is 0.0309. The van der Waals surface area contributed by atoms with Crippen LogP contribution in [0.2, 0.25) is 5.02 Å². The Hall–Kier alpha value is -3.57. The number of methoxy groups -OCH3 is 1. The van der Waals surface area contributed by atoms with Crippen LogP contribution in [0.15, 0.2) is 72.3 Å². The third-order valence-electron chi connectivity index (χ3n) is 5.62. The van der Waals surface area contributed by atoms with Gasteiger partial charge in [0.2, 0.25) is 0 Å². The third-order valence-corrected chi connectivity index (χ3v) is 5.87. The molecule has 1 unspecified atom stereocenters. The largest absolute Gasteiger partial charge is 0.507 e. The molecule has 1 aliphatic heterocycles. The van der Waals surface area contributed by atoms with Crippen LogP contribution < -0.4 is 9.64 Å². The van der Waals surface area contributed by atoms with Gasteiger partial charge in [0.05, 0.1) is 18.7 Å². The molecule has 1 heterocycles. The van der Waals surface area contributed by atoms with Gasteiger partial charge < -0.3 is 9.84 Å². The van der Waals surface area contributed by atoms with Gasteiger partial charge in [-0.1, -0.05) is 35.9 Å². The second kappa shape index (κ2) is 8.52. The Morgan fingerprint density at radius 3 is 2.25 bits per heavy atom. The van der Waals surface area contributed by atoms with Gasteiger partial charge in [0.1, 0.15) is 11.5 Å². The molecule has 6 heteroatoms. The zero-order valence-corrected chi connectivity index (χ0v) is 18.7. The Labute approximate surface area is 191 Å². The van der Waals surface area contributed by atoms with Crippen LogP contribution in [0, 0.1) is 13.8 Å². The van der Waals surface area contributed by atoms with E-state index in [0.717, 1.165) is 11.1 Å². The molecule has 0 radical (unpaired) electrons. The average Bonchev–Trinajstić information content (AvgIpc) is 3.06. The molecule has 1 aliphatic rings. The number of ketones is 1. The smallest absolute Gasteiger partial charge is 0.300 e. The number of Topliss-reactive ketones (excluding diaryl/α,β-unsaturated/α-hetero) is 1. The maximum absolute atomic E-state index is 13.3. The van der Waals surface area contributed by atoms with Crippen molar-refractivity contribution in [3.8, 4) is 5.75 Å². The van der Waals surface area contributed by atoms with Crippen molar-refractivity contribution in [1.29, 1.82) is 0 Å². The maximum Gasteiger partial charge on any atom is 0.300 e. The lowest BCUT2D eigenvalue weighted by Crippen LogP contribution is -2.30. The van der Waals surface area contributed by atoms with Crippen molar-refractivity contribution in [2.75, 3.05) is 12.0 Å². The topological polar surface area (TPSA) is 66.8 Å². The van der Waals surface area contributed by atoms with Crippen molar-refractivity contribution >= 4 is 34.7 Å². The molecule has 162 valence electrons. The first-order valence-electron chi connectivity index (χ1n) is 10.1. The zero-order valence-electron chi connectivity index (χ0n) is 17.9. The first-order chi connectivity index (χ1) is 15.3. The number of carbonyl (C=O) groups excluding carboxylic acids is 2. The van der Waals surface area contributed by atoms with Crippen molar-refractivity contribution in [1.82, 2.24) is 0 Å². The van der Waals surface area contributed by atoms with Crippen molar-refractivity contribution in [2.24, 2.45) is 0 Å². The lowest BCUT2D eigenvalue weighted by molar-refractivity contribution is -0.132. The number of aliphatic hydroxyl groups excluding tert-OH is 1. The summed E-state index contributed by atoms with van der Waals surface area (Å²) < 4.78 is 5.25. The Bertz CT molecular complexity index is 1230. The van der Waals surface area contributed by atoms with E-state index in [0.29, 0.717) is 27.6 Å². The highest BCUT2D eigenvalue weighted by atomic mass is 35.5. The molecule has 3 aromatic rings. The first kappa shape index (κ1) is 21.7. The van der Waals surface area contributed by atoms with E-state index < -0.39 is 17.7 Å². The quantitative estimate of drug-likeness (QED) is 0.321. The minimum atomic E-state index is -0.794. The molecular weight excluding hydrogens is 426 g/mol. The second-order valence-corrected chi connectivity index (χ2v) is 8.18. The summed E-state index contributed by atoms with van der Waals surface area (Å²) in [6.07, 6.45) is 0. The van der Waals surface area contributed by atoms with Crippen LogP contribution >= 0.6 is 11.6 Å². The van der Waals surface area contributed by atoms with Gasteiger partial charge in [0.25, 0.3) is 11.7 Å². The van der Waals surface area contributed by atoms with Gasteiger partial charge in [-0.25, -0.2) is 0 Å². The fourth-order valence-corrected chi connectivity index (χ4v) is 4.05. The maximum atomic E-state index is 13.3. The highest BCUT2D eigenvalue weighted by Crippen LogP contribution is 2.43. The number of ether oxygens (including phenoxy) is 1. The number of halogens is 1. The monoisotopic (exact) mass is 447 g/mol. The predicted octanol–water partition coefficient (Wildman–Crippen LogP) is 5.59. The summed E-state index contributed by atoms with van der Waals surface area (Å²) in [7, 11) is 1.57. The molecule has 1 N–H and O–H groups in total. The van der Waals surface area contributed by atoms with E-state index in [1.54, 1.807) is 55.6 Å². The van der Waals surface area contributed by atoms with Crippen LogP contribution in [0.3, 0.4) is 0 Å². The van der Waals surface area contributed by atoms with Crippen molar-refractivity contribution < 1.29 is 19.4 Å². The van der Waals surface area contributed by atoms with Gasteiger partial charge in [-0.3, -0.25) is 14.5 Å². The summed E-state index contributed by atoms with van der Waals surface area (Å²) in [6, 6.07) is 18.5. The van der Waals surface area contributed by atoms with Gasteiger partial charge in [-0.2, -0.15) is 0 Å². The number of nitrogens with zero attached hydrogens (tertiary/aromatic N) is 1. The molecule has 0 aromatic heterocycles. The van der Waals surface area contributed by atoms with Gasteiger partial charge in [-0.05, 0) is 73.0 Å². The van der Waals surface area contributed by atoms with E-state index in [1.165, 1.54) is 4.90 Å². The molecule has 32 heavy (non-hydrogen) atoms. The minimum Gasteiger partial charge on any atom is -0.507 e. The molecule has 0 spiro atoms. The molecule has 1 atom stereocenters. The third kappa shape index (κ3) is 3.76. The lowest BCUT2D eigenvalue weighted by Gasteiger charge is -2.27. The van der Waals surface area contributed by atoms with E-state index in [-0.39, 0.29) is 11.3 Å². The molecule has 0 bridgehead atoms. The summed E-state index contributed by atoms with van der Waals surface area (Å²) >= 11 is 5.98. The van der Waals surface area contributed by atoms with Crippen molar-refractivity contribution in [3.05, 3.63) is 99.6 Å². The van der Waals surface area contributed by atoms with E-state index in [9.17, 15) is 14.7 Å². The summed E-state index contributed by atoms with van der Waals surface area (Å²) in [4.78, 5) is 27.9. The fraction of sp³-hybridized carbons (Fsp3) is 0.154. The number of rotatable bonds is 4. The van der Waals surface area contributed by atoms with E-state index in [2.05, 4.69) is 0 Å². The normalized spacial score (nSPS) is 17.6. The highest BCUT2D eigenvalue weighted by molar-refractivity contribution is 6.51. The number of carbonyl (C=O) groups is 2. The number of benzene rings is 3. The summed E-state index contributed by atoms with van der Waals surface area (Å²) in [5, 5.41) is 11.6. The average molecular weight is 448 g/mol. The lowest BCUT2D eigenvalue weighted by atomic mass is 9.94. The van der Waals surface area contributed by atoms with Crippen LogP contribution in [-0.4, -0.2) is 23.9 Å². The molecule has 0 saturated carbocycles.